The molecule has 136 valence electrons. The first kappa shape index (κ1) is 19.8. The molecule has 1 aromatic heterocycles. The lowest BCUT2D eigenvalue weighted by atomic mass is 9.99. The number of benzene rings is 2. The zero-order valence-corrected chi connectivity index (χ0v) is 17.2. The van der Waals surface area contributed by atoms with Gasteiger partial charge in [0.25, 0.3) is 0 Å². The van der Waals surface area contributed by atoms with Crippen molar-refractivity contribution in [3.05, 3.63) is 70.2 Å². The maximum Gasteiger partial charge on any atom is 0.115 e. The molecule has 27 heavy (non-hydrogen) atoms. The zero-order valence-electron chi connectivity index (χ0n) is 14.9. The average Bonchev–Trinajstić information content (AvgIpc) is 2.69. The van der Waals surface area contributed by atoms with E-state index in [1.165, 1.54) is 0 Å². The van der Waals surface area contributed by atoms with Crippen LogP contribution in [0.1, 0.15) is 25.3 Å². The van der Waals surface area contributed by atoms with Crippen LogP contribution in [0.3, 0.4) is 0 Å². The van der Waals surface area contributed by atoms with Crippen molar-refractivity contribution < 1.29 is 0 Å². The molecular weight excluding hydrogens is 395 g/mol. The Labute approximate surface area is 174 Å². The summed E-state index contributed by atoms with van der Waals surface area (Å²) >= 11 is 13.7. The lowest BCUT2D eigenvalue weighted by molar-refractivity contribution is 0.894. The van der Waals surface area contributed by atoms with E-state index in [0.717, 1.165) is 46.0 Å². The molecule has 0 bridgehead atoms. The second-order valence-electron chi connectivity index (χ2n) is 6.06. The summed E-state index contributed by atoms with van der Waals surface area (Å²) in [5, 5.41) is 11.9. The van der Waals surface area contributed by atoms with Crippen molar-refractivity contribution in [2.75, 3.05) is 5.75 Å². The van der Waals surface area contributed by atoms with E-state index in [9.17, 15) is 5.26 Å². The standard InChI is InChI=1S/C22H18Cl2N2S/c1-2-3-12-27-22-20(14-25)19(15-4-8-17(23)9-5-15)13-21(26-22)16-6-10-18(24)11-7-16/h4-11,13H,2-3,12H2,1H3. The maximum atomic E-state index is 9.82. The molecule has 0 saturated heterocycles. The van der Waals surface area contributed by atoms with E-state index in [-0.39, 0.29) is 0 Å². The quantitative estimate of drug-likeness (QED) is 0.310. The Bertz CT molecular complexity index is 961. The highest BCUT2D eigenvalue weighted by atomic mass is 35.5. The van der Waals surface area contributed by atoms with Gasteiger partial charge < -0.3 is 0 Å². The van der Waals surface area contributed by atoms with Gasteiger partial charge in [-0.1, -0.05) is 60.8 Å². The summed E-state index contributed by atoms with van der Waals surface area (Å²) in [4.78, 5) is 4.79. The maximum absolute atomic E-state index is 9.82. The summed E-state index contributed by atoms with van der Waals surface area (Å²) in [5.74, 6) is 0.933. The van der Waals surface area contributed by atoms with E-state index in [1.54, 1.807) is 11.8 Å². The lowest BCUT2D eigenvalue weighted by Gasteiger charge is -2.13. The van der Waals surface area contributed by atoms with Crippen molar-refractivity contribution >= 4 is 35.0 Å². The summed E-state index contributed by atoms with van der Waals surface area (Å²) in [6.07, 6.45) is 2.19. The third-order valence-electron chi connectivity index (χ3n) is 4.13. The minimum Gasteiger partial charge on any atom is -0.240 e. The molecule has 0 aliphatic carbocycles. The number of hydrogen-bond donors (Lipinski definition) is 0. The van der Waals surface area contributed by atoms with Gasteiger partial charge in [-0.15, -0.1) is 11.8 Å². The van der Waals surface area contributed by atoms with E-state index < -0.39 is 0 Å². The molecule has 2 aromatic carbocycles. The summed E-state index contributed by atoms with van der Waals surface area (Å²) in [5.41, 5.74) is 4.22. The minimum atomic E-state index is 0.608. The first-order valence-corrected chi connectivity index (χ1v) is 10.5. The van der Waals surface area contributed by atoms with Crippen LogP contribution in [0.25, 0.3) is 22.4 Å². The van der Waals surface area contributed by atoms with Gasteiger partial charge in [0.2, 0.25) is 0 Å². The lowest BCUT2D eigenvalue weighted by Crippen LogP contribution is -1.96. The Morgan fingerprint density at radius 2 is 1.56 bits per heavy atom. The minimum absolute atomic E-state index is 0.608. The van der Waals surface area contributed by atoms with Gasteiger partial charge in [0.05, 0.1) is 11.3 Å². The molecule has 0 atom stereocenters. The largest absolute Gasteiger partial charge is 0.240 e. The van der Waals surface area contributed by atoms with E-state index in [4.69, 9.17) is 28.2 Å². The molecule has 3 aromatic rings. The number of nitrogens with zero attached hydrogens (tertiary/aromatic N) is 2. The smallest absolute Gasteiger partial charge is 0.115 e. The summed E-state index contributed by atoms with van der Waals surface area (Å²) in [6, 6.07) is 19.5. The summed E-state index contributed by atoms with van der Waals surface area (Å²) in [7, 11) is 0. The Morgan fingerprint density at radius 3 is 2.11 bits per heavy atom. The molecule has 0 aliphatic rings. The van der Waals surface area contributed by atoms with Crippen molar-refractivity contribution in [1.82, 2.24) is 4.98 Å². The number of thioether (sulfide) groups is 1. The van der Waals surface area contributed by atoms with Gasteiger partial charge in [-0.05, 0) is 48.1 Å². The van der Waals surface area contributed by atoms with Gasteiger partial charge in [0.1, 0.15) is 11.1 Å². The van der Waals surface area contributed by atoms with E-state index in [1.807, 2.05) is 54.6 Å². The van der Waals surface area contributed by atoms with E-state index in [0.29, 0.717) is 15.6 Å². The van der Waals surface area contributed by atoms with Crippen molar-refractivity contribution in [2.24, 2.45) is 0 Å². The predicted molar refractivity (Wildman–Crippen MR) is 115 cm³/mol. The van der Waals surface area contributed by atoms with Crippen LogP contribution >= 0.6 is 35.0 Å². The number of pyridine rings is 1. The molecule has 0 saturated carbocycles. The molecule has 0 amide bonds. The van der Waals surface area contributed by atoms with Crippen LogP contribution in [0.15, 0.2) is 59.6 Å². The molecule has 5 heteroatoms. The van der Waals surface area contributed by atoms with Gasteiger partial charge in [0, 0.05) is 21.2 Å². The Hall–Kier alpha value is -1.99. The van der Waals surface area contributed by atoms with Gasteiger partial charge in [-0.25, -0.2) is 4.98 Å². The monoisotopic (exact) mass is 412 g/mol. The third-order valence-corrected chi connectivity index (χ3v) is 5.70. The number of hydrogen-bond acceptors (Lipinski definition) is 3. The fourth-order valence-electron chi connectivity index (χ4n) is 2.67. The third kappa shape index (κ3) is 4.84. The molecule has 0 spiro atoms. The van der Waals surface area contributed by atoms with Gasteiger partial charge in [-0.3, -0.25) is 0 Å². The highest BCUT2D eigenvalue weighted by Gasteiger charge is 2.16. The molecule has 0 N–H and O–H groups in total. The van der Waals surface area contributed by atoms with Crippen LogP contribution in [-0.4, -0.2) is 10.7 Å². The van der Waals surface area contributed by atoms with Crippen molar-refractivity contribution in [3.8, 4) is 28.5 Å². The number of halogens is 2. The van der Waals surface area contributed by atoms with E-state index in [2.05, 4.69) is 13.0 Å². The van der Waals surface area contributed by atoms with Crippen molar-refractivity contribution in [3.63, 3.8) is 0 Å². The number of rotatable bonds is 6. The molecule has 0 radical (unpaired) electrons. The van der Waals surface area contributed by atoms with Crippen LogP contribution in [0, 0.1) is 11.3 Å². The summed E-state index contributed by atoms with van der Waals surface area (Å²) < 4.78 is 0. The van der Waals surface area contributed by atoms with Gasteiger partial charge in [-0.2, -0.15) is 5.26 Å². The number of nitriles is 1. The van der Waals surface area contributed by atoms with Gasteiger partial charge in [0.15, 0.2) is 0 Å². The van der Waals surface area contributed by atoms with Gasteiger partial charge >= 0.3 is 0 Å². The number of unbranched alkanes of at least 4 members (excludes halogenated alkanes) is 1. The summed E-state index contributed by atoms with van der Waals surface area (Å²) in [6.45, 7) is 2.16. The normalized spacial score (nSPS) is 10.6. The fraction of sp³-hybridized carbons (Fsp3) is 0.182. The Kier molecular flexibility index (Phi) is 6.79. The second-order valence-corrected chi connectivity index (χ2v) is 8.02. The molecule has 2 nitrogen and oxygen atoms in total. The van der Waals surface area contributed by atoms with E-state index >= 15 is 0 Å². The SMILES string of the molecule is CCCCSc1nc(-c2ccc(Cl)cc2)cc(-c2ccc(Cl)cc2)c1C#N. The van der Waals surface area contributed by atoms with Crippen LogP contribution in [0.2, 0.25) is 10.0 Å². The molecule has 0 fully saturated rings. The van der Waals surface area contributed by atoms with Crippen LogP contribution in [0.5, 0.6) is 0 Å². The molecule has 3 rings (SSSR count). The Morgan fingerprint density at radius 1 is 0.963 bits per heavy atom. The zero-order chi connectivity index (χ0) is 19.2. The molecule has 0 unspecified atom stereocenters. The first-order chi connectivity index (χ1) is 13.1. The van der Waals surface area contributed by atoms with Crippen LogP contribution in [0.4, 0.5) is 0 Å². The second kappa shape index (κ2) is 9.28. The number of aromatic nitrogens is 1. The molecule has 1 heterocycles. The predicted octanol–water partition coefficient (Wildman–Crippen LogP) is 7.49. The average molecular weight is 413 g/mol. The van der Waals surface area contributed by atoms with Crippen LogP contribution in [-0.2, 0) is 0 Å². The highest BCUT2D eigenvalue weighted by molar-refractivity contribution is 7.99. The topological polar surface area (TPSA) is 36.7 Å². The first-order valence-electron chi connectivity index (χ1n) is 8.72. The van der Waals surface area contributed by atoms with Crippen LogP contribution < -0.4 is 0 Å². The molecule has 0 aliphatic heterocycles. The van der Waals surface area contributed by atoms with Crippen molar-refractivity contribution in [2.45, 2.75) is 24.8 Å². The molecular formula is C22H18Cl2N2S. The van der Waals surface area contributed by atoms with Crippen molar-refractivity contribution in [1.29, 1.82) is 5.26 Å². The fourth-order valence-corrected chi connectivity index (χ4v) is 4.01. The highest BCUT2D eigenvalue weighted by Crippen LogP contribution is 2.35. The Balaban J connectivity index is 2.15.